The first-order chi connectivity index (χ1) is 12.2. The molecule has 0 amide bonds. The van der Waals surface area contributed by atoms with E-state index in [1.807, 2.05) is 38.1 Å². The van der Waals surface area contributed by atoms with Crippen molar-refractivity contribution in [3.05, 3.63) is 52.5 Å². The Hall–Kier alpha value is -2.57. The summed E-state index contributed by atoms with van der Waals surface area (Å²) < 4.78 is 8.53. The van der Waals surface area contributed by atoms with Gasteiger partial charge in [0.05, 0.1) is 25.6 Å². The fourth-order valence-electron chi connectivity index (χ4n) is 3.06. The van der Waals surface area contributed by atoms with Crippen LogP contribution in [0.25, 0.3) is 31.1 Å². The molecule has 0 radical (unpaired) electrons. The lowest BCUT2D eigenvalue weighted by atomic mass is 10.1. The van der Waals surface area contributed by atoms with E-state index < -0.39 is 0 Å². The van der Waals surface area contributed by atoms with Crippen LogP contribution < -0.4 is 4.74 Å². The molecule has 0 saturated carbocycles. The molecule has 0 bridgehead atoms. The zero-order chi connectivity index (χ0) is 17.0. The van der Waals surface area contributed by atoms with Crippen molar-refractivity contribution in [1.29, 1.82) is 0 Å². The molecule has 25 heavy (non-hydrogen) atoms. The smallest absolute Gasteiger partial charge is 0.246 e. The first-order valence-electron chi connectivity index (χ1n) is 7.88. The van der Waals surface area contributed by atoms with E-state index in [1.165, 1.54) is 0 Å². The maximum absolute atomic E-state index is 6.25. The summed E-state index contributed by atoms with van der Waals surface area (Å²) in [7, 11) is 0. The standard InChI is InChI=1S/C19H13N3OS2/c1-10-12-5-3-4-6-13(12)19(22-21-10)23-15-9-16-17(20-11(2)25-16)18-14(15)7-8-24-18/h3-9H,1-2H3. The molecule has 122 valence electrons. The average molecular weight is 363 g/mol. The van der Waals surface area contributed by atoms with Gasteiger partial charge in [-0.1, -0.05) is 18.2 Å². The van der Waals surface area contributed by atoms with E-state index in [1.54, 1.807) is 22.7 Å². The molecule has 0 saturated heterocycles. The fourth-order valence-corrected chi connectivity index (χ4v) is 4.90. The number of benzene rings is 2. The summed E-state index contributed by atoms with van der Waals surface area (Å²) in [4.78, 5) is 4.67. The maximum Gasteiger partial charge on any atom is 0.246 e. The number of aryl methyl sites for hydroxylation is 2. The number of thiophene rings is 1. The zero-order valence-electron chi connectivity index (χ0n) is 13.6. The van der Waals surface area contributed by atoms with Crippen LogP contribution in [0, 0.1) is 13.8 Å². The second kappa shape index (κ2) is 5.47. The monoisotopic (exact) mass is 363 g/mol. The molecule has 0 aliphatic rings. The largest absolute Gasteiger partial charge is 0.436 e. The minimum Gasteiger partial charge on any atom is -0.436 e. The van der Waals surface area contributed by atoms with Gasteiger partial charge in [0.15, 0.2) is 0 Å². The predicted molar refractivity (Wildman–Crippen MR) is 104 cm³/mol. The highest BCUT2D eigenvalue weighted by molar-refractivity contribution is 7.21. The highest BCUT2D eigenvalue weighted by Gasteiger charge is 2.15. The van der Waals surface area contributed by atoms with Gasteiger partial charge in [-0.2, -0.15) is 5.10 Å². The van der Waals surface area contributed by atoms with E-state index in [0.717, 1.165) is 47.5 Å². The molecular formula is C19H13N3OS2. The highest BCUT2D eigenvalue weighted by atomic mass is 32.1. The zero-order valence-corrected chi connectivity index (χ0v) is 15.2. The molecule has 5 aromatic rings. The van der Waals surface area contributed by atoms with E-state index in [9.17, 15) is 0 Å². The van der Waals surface area contributed by atoms with Crippen LogP contribution in [-0.4, -0.2) is 15.2 Å². The summed E-state index contributed by atoms with van der Waals surface area (Å²) in [5, 5.41) is 14.8. The molecule has 0 fully saturated rings. The van der Waals surface area contributed by atoms with Crippen molar-refractivity contribution in [2.75, 3.05) is 0 Å². The van der Waals surface area contributed by atoms with Crippen molar-refractivity contribution in [1.82, 2.24) is 15.2 Å². The van der Waals surface area contributed by atoms with Crippen LogP contribution in [0.15, 0.2) is 41.8 Å². The predicted octanol–water partition coefficient (Wildman–Crippen LogP) is 5.86. The molecule has 6 heteroatoms. The third-order valence-corrected chi connectivity index (χ3v) is 6.05. The Kier molecular flexibility index (Phi) is 3.23. The van der Waals surface area contributed by atoms with Crippen LogP contribution in [0.5, 0.6) is 11.6 Å². The maximum atomic E-state index is 6.25. The van der Waals surface area contributed by atoms with Gasteiger partial charge in [0.25, 0.3) is 0 Å². The summed E-state index contributed by atoms with van der Waals surface area (Å²) in [6.45, 7) is 3.99. The quantitative estimate of drug-likeness (QED) is 0.394. The number of hydrogen-bond acceptors (Lipinski definition) is 6. The van der Waals surface area contributed by atoms with Gasteiger partial charge in [0, 0.05) is 22.2 Å². The van der Waals surface area contributed by atoms with Gasteiger partial charge < -0.3 is 4.74 Å². The molecule has 3 heterocycles. The van der Waals surface area contributed by atoms with Gasteiger partial charge in [-0.25, -0.2) is 4.98 Å². The molecule has 3 aromatic heterocycles. The first kappa shape index (κ1) is 14.7. The van der Waals surface area contributed by atoms with E-state index in [2.05, 4.69) is 32.7 Å². The Morgan fingerprint density at radius 2 is 1.80 bits per heavy atom. The molecule has 0 atom stereocenters. The second-order valence-corrected chi connectivity index (χ2v) is 8.01. The summed E-state index contributed by atoms with van der Waals surface area (Å²) in [6.07, 6.45) is 0. The molecule has 0 unspecified atom stereocenters. The molecule has 4 nitrogen and oxygen atoms in total. The van der Waals surface area contributed by atoms with Gasteiger partial charge in [-0.05, 0) is 31.4 Å². The van der Waals surface area contributed by atoms with Crippen LogP contribution in [0.1, 0.15) is 10.7 Å². The molecular weight excluding hydrogens is 350 g/mol. The Labute approximate surface area is 151 Å². The van der Waals surface area contributed by atoms with E-state index >= 15 is 0 Å². The summed E-state index contributed by atoms with van der Waals surface area (Å²) in [5.41, 5.74) is 1.96. The Morgan fingerprint density at radius 3 is 2.68 bits per heavy atom. The normalized spacial score (nSPS) is 11.6. The lowest BCUT2D eigenvalue weighted by Crippen LogP contribution is -1.95. The van der Waals surface area contributed by atoms with Crippen LogP contribution in [0.3, 0.4) is 0 Å². The van der Waals surface area contributed by atoms with Gasteiger partial charge in [0.1, 0.15) is 5.75 Å². The fraction of sp³-hybridized carbons (Fsp3) is 0.105. The third kappa shape index (κ3) is 2.29. The summed E-state index contributed by atoms with van der Waals surface area (Å²) in [5.74, 6) is 1.34. The number of thiazole rings is 1. The van der Waals surface area contributed by atoms with Crippen LogP contribution in [-0.2, 0) is 0 Å². The van der Waals surface area contributed by atoms with Crippen molar-refractivity contribution < 1.29 is 4.74 Å². The van der Waals surface area contributed by atoms with E-state index in [4.69, 9.17) is 4.74 Å². The number of ether oxygens (including phenoxy) is 1. The van der Waals surface area contributed by atoms with Crippen molar-refractivity contribution in [2.24, 2.45) is 0 Å². The summed E-state index contributed by atoms with van der Waals surface area (Å²) in [6, 6.07) is 12.2. The van der Waals surface area contributed by atoms with Crippen molar-refractivity contribution in [3.8, 4) is 11.6 Å². The first-order valence-corrected chi connectivity index (χ1v) is 9.57. The minimum atomic E-state index is 0.536. The second-order valence-electron chi connectivity index (χ2n) is 5.86. The molecule has 0 spiro atoms. The molecule has 2 aromatic carbocycles. The number of hydrogen-bond donors (Lipinski definition) is 0. The SMILES string of the molecule is Cc1nc2c(cc(Oc3nnc(C)c4ccccc34)c3ccsc32)s1. The Balaban J connectivity index is 1.74. The third-order valence-electron chi connectivity index (χ3n) is 4.21. The Morgan fingerprint density at radius 1 is 0.960 bits per heavy atom. The molecule has 0 N–H and O–H groups in total. The van der Waals surface area contributed by atoms with Gasteiger partial charge in [-0.15, -0.1) is 27.8 Å². The van der Waals surface area contributed by atoms with E-state index in [-0.39, 0.29) is 0 Å². The van der Waals surface area contributed by atoms with Gasteiger partial charge in [0.2, 0.25) is 5.88 Å². The van der Waals surface area contributed by atoms with Crippen molar-refractivity contribution >= 4 is 53.7 Å². The van der Waals surface area contributed by atoms with Crippen molar-refractivity contribution in [3.63, 3.8) is 0 Å². The van der Waals surface area contributed by atoms with Crippen LogP contribution >= 0.6 is 22.7 Å². The average Bonchev–Trinajstić information content (AvgIpc) is 3.23. The molecule has 5 rings (SSSR count). The van der Waals surface area contributed by atoms with Gasteiger partial charge >= 0.3 is 0 Å². The lowest BCUT2D eigenvalue weighted by Gasteiger charge is -2.09. The topological polar surface area (TPSA) is 47.9 Å². The Bertz CT molecular complexity index is 1260. The number of nitrogens with zero attached hydrogens (tertiary/aromatic N) is 3. The minimum absolute atomic E-state index is 0.536. The molecule has 0 aliphatic heterocycles. The lowest BCUT2D eigenvalue weighted by molar-refractivity contribution is 0.467. The van der Waals surface area contributed by atoms with Crippen LogP contribution in [0.4, 0.5) is 0 Å². The number of rotatable bonds is 2. The van der Waals surface area contributed by atoms with E-state index in [0.29, 0.717) is 5.88 Å². The number of fused-ring (bicyclic) bond motifs is 4. The summed E-state index contributed by atoms with van der Waals surface area (Å²) >= 11 is 3.37. The molecule has 0 aliphatic carbocycles. The van der Waals surface area contributed by atoms with Crippen molar-refractivity contribution in [2.45, 2.75) is 13.8 Å². The number of aromatic nitrogens is 3. The van der Waals surface area contributed by atoms with Crippen LogP contribution in [0.2, 0.25) is 0 Å². The highest BCUT2D eigenvalue weighted by Crippen LogP contribution is 2.41. The van der Waals surface area contributed by atoms with Gasteiger partial charge in [-0.3, -0.25) is 0 Å².